The molecule has 1 amide bonds. The molecular formula is C13H16BrNO5. The summed E-state index contributed by atoms with van der Waals surface area (Å²) in [5, 5.41) is 11.5. The number of carbonyl (C=O) groups is 2. The Kier molecular flexibility index (Phi) is 5.82. The van der Waals surface area contributed by atoms with Gasteiger partial charge in [0.15, 0.2) is 11.5 Å². The van der Waals surface area contributed by atoms with E-state index in [-0.39, 0.29) is 6.42 Å². The van der Waals surface area contributed by atoms with E-state index in [1.807, 2.05) is 0 Å². The van der Waals surface area contributed by atoms with Gasteiger partial charge in [0.25, 0.3) is 0 Å². The zero-order valence-electron chi connectivity index (χ0n) is 11.4. The Balaban J connectivity index is 3.06. The first-order valence-corrected chi connectivity index (χ1v) is 6.58. The number of carboxylic acids is 1. The first kappa shape index (κ1) is 16.3. The second-order valence-corrected chi connectivity index (χ2v) is 4.95. The highest BCUT2D eigenvalue weighted by Crippen LogP contribution is 2.33. The highest BCUT2D eigenvalue weighted by atomic mass is 79.9. The van der Waals surface area contributed by atoms with Gasteiger partial charge in [0.05, 0.1) is 14.2 Å². The van der Waals surface area contributed by atoms with Crippen LogP contribution in [-0.2, 0) is 16.0 Å². The Morgan fingerprint density at radius 1 is 1.30 bits per heavy atom. The Bertz CT molecular complexity index is 518. The predicted octanol–water partition coefficient (Wildman–Crippen LogP) is 1.60. The number of benzene rings is 1. The molecule has 1 aromatic carbocycles. The second kappa shape index (κ2) is 7.14. The van der Waals surface area contributed by atoms with Crippen molar-refractivity contribution >= 4 is 27.8 Å². The molecule has 0 radical (unpaired) electrons. The topological polar surface area (TPSA) is 84.9 Å². The van der Waals surface area contributed by atoms with Gasteiger partial charge in [-0.2, -0.15) is 0 Å². The molecule has 6 nitrogen and oxygen atoms in total. The summed E-state index contributed by atoms with van der Waals surface area (Å²) >= 11 is 3.35. The van der Waals surface area contributed by atoms with Crippen LogP contribution >= 0.6 is 15.9 Å². The molecule has 20 heavy (non-hydrogen) atoms. The number of halogens is 1. The fraction of sp³-hybridized carbons (Fsp3) is 0.385. The maximum absolute atomic E-state index is 11.1. The smallest absolute Gasteiger partial charge is 0.326 e. The monoisotopic (exact) mass is 345 g/mol. The lowest BCUT2D eigenvalue weighted by atomic mass is 10.1. The molecule has 0 saturated heterocycles. The van der Waals surface area contributed by atoms with Crippen molar-refractivity contribution in [3.05, 3.63) is 22.2 Å². The van der Waals surface area contributed by atoms with Crippen LogP contribution in [0.4, 0.5) is 0 Å². The van der Waals surface area contributed by atoms with Crippen molar-refractivity contribution in [2.45, 2.75) is 19.4 Å². The average Bonchev–Trinajstić information content (AvgIpc) is 2.38. The number of carboxylic acid groups (broad SMARTS) is 1. The van der Waals surface area contributed by atoms with E-state index < -0.39 is 17.9 Å². The maximum Gasteiger partial charge on any atom is 0.326 e. The maximum atomic E-state index is 11.1. The third-order valence-corrected chi connectivity index (χ3v) is 3.39. The van der Waals surface area contributed by atoms with Crippen molar-refractivity contribution in [2.24, 2.45) is 0 Å². The summed E-state index contributed by atoms with van der Waals surface area (Å²) in [6.45, 7) is 1.28. The van der Waals surface area contributed by atoms with Gasteiger partial charge in [-0.05, 0) is 17.7 Å². The van der Waals surface area contributed by atoms with Gasteiger partial charge in [0.1, 0.15) is 6.04 Å². The number of ether oxygens (including phenoxy) is 2. The molecule has 2 N–H and O–H groups in total. The van der Waals surface area contributed by atoms with Crippen LogP contribution < -0.4 is 14.8 Å². The van der Waals surface area contributed by atoms with E-state index >= 15 is 0 Å². The van der Waals surface area contributed by atoms with Crippen molar-refractivity contribution in [2.75, 3.05) is 14.2 Å². The van der Waals surface area contributed by atoms with Crippen molar-refractivity contribution < 1.29 is 24.2 Å². The Morgan fingerprint density at radius 3 is 2.30 bits per heavy atom. The van der Waals surface area contributed by atoms with Crippen molar-refractivity contribution in [3.63, 3.8) is 0 Å². The SMILES string of the molecule is COc1cc(Br)c(CC(NC(C)=O)C(=O)O)cc1OC. The molecule has 0 fully saturated rings. The van der Waals surface area contributed by atoms with Crippen LogP contribution in [0.1, 0.15) is 12.5 Å². The number of hydrogen-bond donors (Lipinski definition) is 2. The minimum Gasteiger partial charge on any atom is -0.493 e. The number of methoxy groups -OCH3 is 2. The molecule has 0 heterocycles. The van der Waals surface area contributed by atoms with Gasteiger partial charge >= 0.3 is 5.97 Å². The summed E-state index contributed by atoms with van der Waals surface area (Å²) in [7, 11) is 3.01. The molecule has 1 rings (SSSR count). The number of carbonyl (C=O) groups excluding carboxylic acids is 1. The van der Waals surface area contributed by atoms with E-state index in [1.165, 1.54) is 21.1 Å². The number of rotatable bonds is 6. The van der Waals surface area contributed by atoms with Crippen LogP contribution in [0.15, 0.2) is 16.6 Å². The molecule has 0 aliphatic carbocycles. The van der Waals surface area contributed by atoms with Crippen molar-refractivity contribution in [3.8, 4) is 11.5 Å². The van der Waals surface area contributed by atoms with Crippen LogP contribution in [0.2, 0.25) is 0 Å². The van der Waals surface area contributed by atoms with E-state index in [9.17, 15) is 9.59 Å². The van der Waals surface area contributed by atoms with Gasteiger partial charge in [0, 0.05) is 17.8 Å². The summed E-state index contributed by atoms with van der Waals surface area (Å²) in [5.74, 6) is -0.455. The van der Waals surface area contributed by atoms with Gasteiger partial charge < -0.3 is 19.9 Å². The highest BCUT2D eigenvalue weighted by molar-refractivity contribution is 9.10. The fourth-order valence-corrected chi connectivity index (χ4v) is 2.20. The molecule has 1 unspecified atom stereocenters. The largest absolute Gasteiger partial charge is 0.493 e. The number of aliphatic carboxylic acids is 1. The van der Waals surface area contributed by atoms with Crippen molar-refractivity contribution in [1.29, 1.82) is 0 Å². The molecule has 0 saturated carbocycles. The molecule has 0 aromatic heterocycles. The minimum atomic E-state index is -1.10. The van der Waals surface area contributed by atoms with E-state index in [0.717, 1.165) is 0 Å². The van der Waals surface area contributed by atoms with Gasteiger partial charge in [-0.3, -0.25) is 4.79 Å². The van der Waals surface area contributed by atoms with E-state index in [1.54, 1.807) is 12.1 Å². The van der Waals surface area contributed by atoms with Gasteiger partial charge in [-0.25, -0.2) is 4.79 Å². The fourth-order valence-electron chi connectivity index (χ4n) is 1.72. The molecule has 0 aliphatic rings. The van der Waals surface area contributed by atoms with E-state index in [0.29, 0.717) is 21.5 Å². The third-order valence-electron chi connectivity index (χ3n) is 2.65. The van der Waals surface area contributed by atoms with Crippen LogP contribution in [0.5, 0.6) is 11.5 Å². The summed E-state index contributed by atoms with van der Waals surface area (Å²) in [6, 6.07) is 2.38. The summed E-state index contributed by atoms with van der Waals surface area (Å²) < 4.78 is 11.0. The zero-order valence-corrected chi connectivity index (χ0v) is 13.0. The average molecular weight is 346 g/mol. The first-order chi connectivity index (χ1) is 9.38. The van der Waals surface area contributed by atoms with Crippen LogP contribution in [0.3, 0.4) is 0 Å². The number of amides is 1. The van der Waals surface area contributed by atoms with Crippen molar-refractivity contribution in [1.82, 2.24) is 5.32 Å². The standard InChI is InChI=1S/C13H16BrNO5/c1-7(16)15-10(13(17)18)4-8-5-11(19-2)12(20-3)6-9(8)14/h5-6,10H,4H2,1-3H3,(H,15,16)(H,17,18). The summed E-state index contributed by atoms with van der Waals surface area (Å²) in [5.41, 5.74) is 0.698. The van der Waals surface area contributed by atoms with E-state index in [4.69, 9.17) is 14.6 Å². The van der Waals surface area contributed by atoms with Crippen LogP contribution in [0, 0.1) is 0 Å². The van der Waals surface area contributed by atoms with Gasteiger partial charge in [-0.1, -0.05) is 15.9 Å². The molecule has 7 heteroatoms. The highest BCUT2D eigenvalue weighted by Gasteiger charge is 2.21. The lowest BCUT2D eigenvalue weighted by Gasteiger charge is -2.16. The predicted molar refractivity (Wildman–Crippen MR) is 76.2 cm³/mol. The number of nitrogens with one attached hydrogen (secondary N) is 1. The van der Waals surface area contributed by atoms with Crippen LogP contribution in [-0.4, -0.2) is 37.2 Å². The quantitative estimate of drug-likeness (QED) is 0.817. The first-order valence-electron chi connectivity index (χ1n) is 5.79. The molecule has 0 spiro atoms. The van der Waals surface area contributed by atoms with E-state index in [2.05, 4.69) is 21.2 Å². The summed E-state index contributed by atoms with van der Waals surface area (Å²) in [4.78, 5) is 22.2. The normalized spacial score (nSPS) is 11.6. The third kappa shape index (κ3) is 4.12. The van der Waals surface area contributed by atoms with Gasteiger partial charge in [-0.15, -0.1) is 0 Å². The Hall–Kier alpha value is -1.76. The van der Waals surface area contributed by atoms with Gasteiger partial charge in [0.2, 0.25) is 5.91 Å². The Labute approximate surface area is 125 Å². The molecule has 0 bridgehead atoms. The molecular weight excluding hydrogens is 330 g/mol. The number of hydrogen-bond acceptors (Lipinski definition) is 4. The minimum absolute atomic E-state index is 0.135. The van der Waals surface area contributed by atoms with Crippen LogP contribution in [0.25, 0.3) is 0 Å². The molecule has 1 aromatic rings. The molecule has 1 atom stereocenters. The lowest BCUT2D eigenvalue weighted by Crippen LogP contribution is -2.41. The zero-order chi connectivity index (χ0) is 15.3. The lowest BCUT2D eigenvalue weighted by molar-refractivity contribution is -0.141. The summed E-state index contributed by atoms with van der Waals surface area (Å²) in [6.07, 6.45) is 0.135. The Morgan fingerprint density at radius 2 is 1.85 bits per heavy atom. The molecule has 0 aliphatic heterocycles. The second-order valence-electron chi connectivity index (χ2n) is 4.09. The molecule has 110 valence electrons.